The molecule has 0 aromatic carbocycles. The van der Waals surface area contributed by atoms with Gasteiger partial charge in [-0.05, 0) is 6.07 Å². The molecule has 0 radical (unpaired) electrons. The fourth-order valence-corrected chi connectivity index (χ4v) is 1.32. The highest BCUT2D eigenvalue weighted by Crippen LogP contribution is 2.23. The molecule has 0 aliphatic heterocycles. The fraction of sp³-hybridized carbons (Fsp3) is 0.111. The Morgan fingerprint density at radius 1 is 1.38 bits per heavy atom. The average molecular weight is 195 g/mol. The van der Waals surface area contributed by atoms with Crippen molar-refractivity contribution in [3.8, 4) is 5.88 Å². The molecular weight excluding hydrogens is 188 g/mol. The van der Waals surface area contributed by atoms with Crippen molar-refractivity contribution < 1.29 is 4.74 Å². The number of hydrogen-bond donors (Lipinski definition) is 0. The number of halogens is 1. The number of rotatable bonds is 1. The maximum Gasteiger partial charge on any atom is 0.213 e. The van der Waals surface area contributed by atoms with Crippen molar-refractivity contribution in [1.29, 1.82) is 0 Å². The SMILES string of the molecule is COc1cc2c(Cl)ccnc2cn1. The van der Waals surface area contributed by atoms with Crippen LogP contribution in [0, 0.1) is 0 Å². The van der Waals surface area contributed by atoms with E-state index in [-0.39, 0.29) is 0 Å². The summed E-state index contributed by atoms with van der Waals surface area (Å²) in [5.74, 6) is 0.544. The minimum Gasteiger partial charge on any atom is -0.481 e. The lowest BCUT2D eigenvalue weighted by atomic mass is 10.2. The van der Waals surface area contributed by atoms with Gasteiger partial charge in [-0.3, -0.25) is 4.98 Å². The summed E-state index contributed by atoms with van der Waals surface area (Å²) in [5.41, 5.74) is 0.772. The number of aromatic nitrogens is 2. The van der Waals surface area contributed by atoms with Gasteiger partial charge in [-0.15, -0.1) is 0 Å². The molecule has 0 aliphatic rings. The van der Waals surface area contributed by atoms with Gasteiger partial charge in [0.2, 0.25) is 5.88 Å². The number of nitrogens with zero attached hydrogens (tertiary/aromatic N) is 2. The summed E-state index contributed by atoms with van der Waals surface area (Å²) in [6.45, 7) is 0. The third-order valence-corrected chi connectivity index (χ3v) is 2.09. The summed E-state index contributed by atoms with van der Waals surface area (Å²) in [7, 11) is 1.57. The molecule has 0 unspecified atom stereocenters. The molecule has 0 saturated carbocycles. The van der Waals surface area contributed by atoms with Crippen molar-refractivity contribution in [2.45, 2.75) is 0 Å². The van der Waals surface area contributed by atoms with Crippen molar-refractivity contribution in [3.63, 3.8) is 0 Å². The van der Waals surface area contributed by atoms with E-state index in [0.717, 1.165) is 10.9 Å². The Bertz CT molecular complexity index is 445. The number of hydrogen-bond acceptors (Lipinski definition) is 3. The van der Waals surface area contributed by atoms with E-state index in [4.69, 9.17) is 16.3 Å². The van der Waals surface area contributed by atoms with Crippen molar-refractivity contribution in [2.24, 2.45) is 0 Å². The molecule has 0 bridgehead atoms. The topological polar surface area (TPSA) is 35.0 Å². The van der Waals surface area contributed by atoms with Crippen LogP contribution >= 0.6 is 11.6 Å². The molecule has 13 heavy (non-hydrogen) atoms. The summed E-state index contributed by atoms with van der Waals surface area (Å²) in [6, 6.07) is 3.51. The Balaban J connectivity index is 2.74. The molecular formula is C9H7ClN2O. The van der Waals surface area contributed by atoms with E-state index < -0.39 is 0 Å². The lowest BCUT2D eigenvalue weighted by Crippen LogP contribution is -1.88. The molecule has 0 spiro atoms. The zero-order valence-corrected chi connectivity index (χ0v) is 7.75. The van der Waals surface area contributed by atoms with Crippen LogP contribution in [0.25, 0.3) is 10.9 Å². The highest BCUT2D eigenvalue weighted by atomic mass is 35.5. The van der Waals surface area contributed by atoms with Crippen molar-refractivity contribution >= 4 is 22.5 Å². The van der Waals surface area contributed by atoms with E-state index >= 15 is 0 Å². The van der Waals surface area contributed by atoms with Crippen molar-refractivity contribution in [3.05, 3.63) is 29.5 Å². The summed E-state index contributed by atoms with van der Waals surface area (Å²) in [4.78, 5) is 8.14. The van der Waals surface area contributed by atoms with Crippen LogP contribution in [0.4, 0.5) is 0 Å². The maximum atomic E-state index is 5.96. The van der Waals surface area contributed by atoms with Crippen LogP contribution in [-0.4, -0.2) is 17.1 Å². The van der Waals surface area contributed by atoms with Gasteiger partial charge in [-0.2, -0.15) is 0 Å². The molecule has 0 N–H and O–H groups in total. The monoisotopic (exact) mass is 194 g/mol. The second-order valence-electron chi connectivity index (χ2n) is 2.54. The van der Waals surface area contributed by atoms with E-state index in [9.17, 15) is 0 Å². The van der Waals surface area contributed by atoms with Gasteiger partial charge in [0.1, 0.15) is 0 Å². The summed E-state index contributed by atoms with van der Waals surface area (Å²) < 4.78 is 4.98. The third kappa shape index (κ3) is 1.42. The summed E-state index contributed by atoms with van der Waals surface area (Å²) in [6.07, 6.45) is 3.29. The molecule has 2 rings (SSSR count). The quantitative estimate of drug-likeness (QED) is 0.699. The third-order valence-electron chi connectivity index (χ3n) is 1.76. The largest absolute Gasteiger partial charge is 0.481 e. The molecule has 0 aliphatic carbocycles. The predicted molar refractivity (Wildman–Crippen MR) is 51.1 cm³/mol. The van der Waals surface area contributed by atoms with Crippen LogP contribution < -0.4 is 4.74 Å². The number of fused-ring (bicyclic) bond motifs is 1. The Hall–Kier alpha value is -1.35. The smallest absolute Gasteiger partial charge is 0.213 e. The first kappa shape index (κ1) is 8.26. The minimum absolute atomic E-state index is 0.544. The summed E-state index contributed by atoms with van der Waals surface area (Å²) >= 11 is 5.96. The standard InChI is InChI=1S/C9H7ClN2O/c1-13-9-4-6-7(10)2-3-11-8(6)5-12-9/h2-5H,1H3. The minimum atomic E-state index is 0.544. The van der Waals surface area contributed by atoms with Gasteiger partial charge in [-0.25, -0.2) is 4.98 Å². The first-order chi connectivity index (χ1) is 6.31. The Morgan fingerprint density at radius 3 is 3.00 bits per heavy atom. The maximum absolute atomic E-state index is 5.96. The molecule has 2 heterocycles. The predicted octanol–water partition coefficient (Wildman–Crippen LogP) is 2.29. The highest BCUT2D eigenvalue weighted by Gasteiger charge is 2.01. The van der Waals surface area contributed by atoms with E-state index in [0.29, 0.717) is 10.9 Å². The highest BCUT2D eigenvalue weighted by molar-refractivity contribution is 6.35. The van der Waals surface area contributed by atoms with E-state index in [2.05, 4.69) is 9.97 Å². The molecule has 0 amide bonds. The van der Waals surface area contributed by atoms with Gasteiger partial charge in [0.15, 0.2) is 0 Å². The van der Waals surface area contributed by atoms with Crippen molar-refractivity contribution in [2.75, 3.05) is 7.11 Å². The second-order valence-corrected chi connectivity index (χ2v) is 2.94. The lowest BCUT2D eigenvalue weighted by molar-refractivity contribution is 0.398. The van der Waals surface area contributed by atoms with E-state index in [1.807, 2.05) is 0 Å². The van der Waals surface area contributed by atoms with Crippen molar-refractivity contribution in [1.82, 2.24) is 9.97 Å². The van der Waals surface area contributed by atoms with Crippen LogP contribution in [0.5, 0.6) is 5.88 Å². The molecule has 0 atom stereocenters. The zero-order valence-electron chi connectivity index (χ0n) is 6.99. The van der Waals surface area contributed by atoms with E-state index in [1.54, 1.807) is 31.6 Å². The van der Waals surface area contributed by atoms with Gasteiger partial charge in [-0.1, -0.05) is 11.6 Å². The van der Waals surface area contributed by atoms with Gasteiger partial charge in [0.05, 0.1) is 23.8 Å². The van der Waals surface area contributed by atoms with E-state index in [1.165, 1.54) is 0 Å². The molecule has 0 fully saturated rings. The van der Waals surface area contributed by atoms with Gasteiger partial charge < -0.3 is 4.74 Å². The molecule has 0 saturated heterocycles. The Kier molecular flexibility index (Phi) is 2.02. The lowest BCUT2D eigenvalue weighted by Gasteiger charge is -2.01. The van der Waals surface area contributed by atoms with Crippen LogP contribution in [0.3, 0.4) is 0 Å². The first-order valence-corrected chi connectivity index (χ1v) is 4.13. The Labute approximate surface area is 80.3 Å². The van der Waals surface area contributed by atoms with Gasteiger partial charge >= 0.3 is 0 Å². The van der Waals surface area contributed by atoms with Crippen LogP contribution in [0.2, 0.25) is 5.02 Å². The molecule has 2 aromatic heterocycles. The Morgan fingerprint density at radius 2 is 2.23 bits per heavy atom. The number of ether oxygens (including phenoxy) is 1. The number of methoxy groups -OCH3 is 1. The van der Waals surface area contributed by atoms with Crippen LogP contribution in [0.1, 0.15) is 0 Å². The zero-order chi connectivity index (χ0) is 9.26. The fourth-order valence-electron chi connectivity index (χ4n) is 1.11. The normalized spacial score (nSPS) is 10.3. The second kappa shape index (κ2) is 3.18. The molecule has 2 aromatic rings. The molecule has 3 nitrogen and oxygen atoms in total. The van der Waals surface area contributed by atoms with Gasteiger partial charge in [0.25, 0.3) is 0 Å². The average Bonchev–Trinajstić information content (AvgIpc) is 2.18. The summed E-state index contributed by atoms with van der Waals surface area (Å²) in [5, 5.41) is 1.52. The number of pyridine rings is 2. The molecule has 4 heteroatoms. The van der Waals surface area contributed by atoms with Crippen LogP contribution in [0.15, 0.2) is 24.5 Å². The first-order valence-electron chi connectivity index (χ1n) is 3.75. The van der Waals surface area contributed by atoms with Crippen LogP contribution in [-0.2, 0) is 0 Å². The van der Waals surface area contributed by atoms with Gasteiger partial charge in [0, 0.05) is 17.6 Å². The molecule has 66 valence electrons.